The van der Waals surface area contributed by atoms with Gasteiger partial charge in [0.25, 0.3) is 16.7 Å². The fraction of sp³-hybridized carbons (Fsp3) is 0.412. The molecule has 3 aliphatic carbocycles. The lowest BCUT2D eigenvalue weighted by molar-refractivity contribution is 0.100. The Balaban J connectivity index is 0.000000122. The summed E-state index contributed by atoms with van der Waals surface area (Å²) in [7, 11) is 1.96. The molecule has 3 saturated carbocycles. The van der Waals surface area contributed by atoms with Gasteiger partial charge in [-0.1, -0.05) is 38.5 Å². The molecule has 0 radical (unpaired) electrons. The number of pyridine rings is 3. The van der Waals surface area contributed by atoms with E-state index in [0.29, 0.717) is 63.6 Å². The number of ketones is 3. The smallest absolute Gasteiger partial charge is 0.263 e. The number of nitrogens with one attached hydrogen (secondary N) is 6. The number of carbonyl (C=O) groups is 3. The van der Waals surface area contributed by atoms with Crippen LogP contribution < -0.4 is 53.5 Å². The van der Waals surface area contributed by atoms with E-state index < -0.39 is 0 Å². The maximum atomic E-state index is 13.5. The number of hydrogen-bond acceptors (Lipinski definition) is 20. The number of aryl methyl sites for hydroxylation is 4. The Morgan fingerprint density at radius 3 is 1.22 bits per heavy atom. The number of hydrogen-bond donors (Lipinski definition) is 6. The summed E-state index contributed by atoms with van der Waals surface area (Å²) in [5, 5.41) is 30.6. The van der Waals surface area contributed by atoms with Crippen LogP contribution in [0.25, 0.3) is 65.8 Å². The van der Waals surface area contributed by atoms with Crippen LogP contribution in [-0.2, 0) is 7.05 Å². The summed E-state index contributed by atoms with van der Waals surface area (Å²) in [5.41, 5.74) is 9.83. The van der Waals surface area contributed by atoms with Crippen molar-refractivity contribution in [1.82, 2.24) is 78.5 Å². The molecular formula is C80H90N20O6. The highest BCUT2D eigenvalue weighted by Gasteiger charge is 2.31. The number of fused-ring (bicyclic) bond motifs is 6. The van der Waals surface area contributed by atoms with E-state index >= 15 is 0 Å². The van der Waals surface area contributed by atoms with Crippen molar-refractivity contribution < 1.29 is 14.4 Å². The van der Waals surface area contributed by atoms with Crippen molar-refractivity contribution >= 4 is 124 Å². The third-order valence-corrected chi connectivity index (χ3v) is 22.8. The summed E-state index contributed by atoms with van der Waals surface area (Å²) in [6.07, 6.45) is 22.6. The predicted molar refractivity (Wildman–Crippen MR) is 416 cm³/mol. The highest BCUT2D eigenvalue weighted by atomic mass is 16.2. The average Bonchev–Trinajstić information content (AvgIpc) is 1.16. The van der Waals surface area contributed by atoms with Crippen molar-refractivity contribution in [2.75, 3.05) is 73.2 Å². The summed E-state index contributed by atoms with van der Waals surface area (Å²) in [6.45, 7) is 17.6. The molecule has 12 heterocycles. The maximum Gasteiger partial charge on any atom is 0.263 e. The lowest BCUT2D eigenvalue weighted by atomic mass is 10.0. The Hall–Kier alpha value is -10.8. The van der Waals surface area contributed by atoms with Gasteiger partial charge in [0.15, 0.2) is 23.2 Å². The van der Waals surface area contributed by atoms with Crippen LogP contribution in [0.4, 0.5) is 40.7 Å². The Kier molecular flexibility index (Phi) is 19.0. The minimum Gasteiger partial charge on any atom is -0.352 e. The number of nitrogens with zero attached hydrogens (tertiary/aromatic N) is 14. The molecule has 6 aliphatic rings. The van der Waals surface area contributed by atoms with Gasteiger partial charge in [0.1, 0.15) is 16.9 Å². The molecule has 1 unspecified atom stereocenters. The zero-order valence-electron chi connectivity index (χ0n) is 61.2. The van der Waals surface area contributed by atoms with E-state index in [-0.39, 0.29) is 68.8 Å². The maximum absolute atomic E-state index is 13.5. The fourth-order valence-corrected chi connectivity index (χ4v) is 17.2. The summed E-state index contributed by atoms with van der Waals surface area (Å²) < 4.78 is 11.8. The number of carbonyl (C=O) groups excluding carboxylic acids is 3. The first-order chi connectivity index (χ1) is 51.4. The van der Waals surface area contributed by atoms with Crippen LogP contribution in [0, 0.1) is 20.8 Å². The van der Waals surface area contributed by atoms with Crippen LogP contribution in [-0.4, -0.2) is 132 Å². The molecule has 3 saturated heterocycles. The van der Waals surface area contributed by atoms with Gasteiger partial charge in [-0.2, -0.15) is 20.1 Å². The van der Waals surface area contributed by atoms with Crippen LogP contribution in [0.5, 0.6) is 0 Å². The van der Waals surface area contributed by atoms with Crippen LogP contribution in [0.1, 0.15) is 182 Å². The van der Waals surface area contributed by atoms with Gasteiger partial charge in [-0.15, -0.1) is 0 Å². The van der Waals surface area contributed by atoms with Crippen molar-refractivity contribution in [3.63, 3.8) is 0 Å². The molecule has 3 aliphatic heterocycles. The van der Waals surface area contributed by atoms with Crippen molar-refractivity contribution in [2.24, 2.45) is 7.05 Å². The van der Waals surface area contributed by atoms with Gasteiger partial charge in [-0.25, -0.2) is 15.0 Å². The second-order valence-corrected chi connectivity index (χ2v) is 29.5. The molecule has 6 fully saturated rings. The van der Waals surface area contributed by atoms with Gasteiger partial charge in [-0.05, 0) is 176 Å². The zero-order valence-corrected chi connectivity index (χ0v) is 61.2. The van der Waals surface area contributed by atoms with Gasteiger partial charge in [-0.3, -0.25) is 47.2 Å². The molecule has 12 aromatic rings. The zero-order chi connectivity index (χ0) is 73.2. The molecule has 0 spiro atoms. The standard InChI is InChI=1S/C27H32N8O2.C27H30N6O2.C26H28N6O2/c1-16-21-15-29-27(31-24(21)35(19-6-4-5-7-19)26(37)23(16)17(2)36)30-18-8-9-20-22(14-18)33(3)32-25(20)34-12-10-28-11-13-34;1-16-22-15-29-27(31-25(22)33(20-5-3-4-6-20)26(35)24(16)17(2)34)30-19-7-8-23-18(13-19)10-12-32(23)21-9-11-28-14-21;1-15-21-14-28-26(29-18-7-8-22-17(11-18)9-10-31(22)20-12-27-13-20)30-24(21)32(19-5-3-4-6-19)25(34)23(15)16(2)33/h8-9,14-15,19,28H,4-7,10-13H2,1-3H3,(H,29,30,31);7-8,10,12-13,15,20-21,28H,3-6,9,11,14H2,1-2H3,(H,29,30,31);7-11,14,19-20,27H,3-6,12-13H2,1-2H3,(H,28,29,30). The van der Waals surface area contributed by atoms with Gasteiger partial charge < -0.3 is 45.9 Å². The van der Waals surface area contributed by atoms with Crippen LogP contribution in [0.2, 0.25) is 0 Å². The molecule has 18 rings (SSSR count). The molecule has 0 amide bonds. The third-order valence-electron chi connectivity index (χ3n) is 22.8. The summed E-state index contributed by atoms with van der Waals surface area (Å²) in [6, 6.07) is 24.1. The Morgan fingerprint density at radius 2 is 0.830 bits per heavy atom. The summed E-state index contributed by atoms with van der Waals surface area (Å²) in [4.78, 5) is 108. The predicted octanol–water partition coefficient (Wildman–Crippen LogP) is 12.4. The van der Waals surface area contributed by atoms with E-state index in [1.807, 2.05) is 50.7 Å². The number of rotatable bonds is 15. The van der Waals surface area contributed by atoms with Gasteiger partial charge in [0.2, 0.25) is 17.8 Å². The first-order valence-corrected chi connectivity index (χ1v) is 37.6. The van der Waals surface area contributed by atoms with E-state index in [4.69, 9.17) is 20.1 Å². The van der Waals surface area contributed by atoms with Crippen molar-refractivity contribution in [1.29, 1.82) is 0 Å². The quantitative estimate of drug-likeness (QED) is 0.0520. The van der Waals surface area contributed by atoms with Crippen LogP contribution in [0.15, 0.2) is 112 Å². The highest BCUT2D eigenvalue weighted by molar-refractivity contribution is 6.02. The molecule has 26 heteroatoms. The molecule has 6 N–H and O–H groups in total. The van der Waals surface area contributed by atoms with Crippen LogP contribution >= 0.6 is 0 Å². The van der Waals surface area contributed by atoms with Crippen LogP contribution in [0.3, 0.4) is 0 Å². The Bertz CT molecular complexity index is 5670. The Morgan fingerprint density at radius 1 is 0.434 bits per heavy atom. The molecule has 106 heavy (non-hydrogen) atoms. The van der Waals surface area contributed by atoms with Crippen molar-refractivity contribution in [3.8, 4) is 0 Å². The number of benzene rings is 3. The number of Topliss-reactive ketones (excluding diaryl/α,β-unsaturated/α-hetero) is 3. The summed E-state index contributed by atoms with van der Waals surface area (Å²) in [5.74, 6) is 1.66. The molecule has 26 nitrogen and oxygen atoms in total. The SMILES string of the molecule is CC(=O)c1c(C)c2cnc(Nc3ccc4c(N5CCNCC5)nn(C)c4c3)nc2n(C2CCCC2)c1=O.CC(=O)c1c(C)c2cnc(Nc3ccc4c(ccn4C4CCNC4)c3)nc2n(C2CCCC2)c1=O.CC(=O)c1c(C)c2cnc(Nc3ccc4c(ccn4C4CNC4)c3)nc2n(C2CCCC2)c1=O. The molecular weight excluding hydrogens is 1340 g/mol. The number of anilines is 7. The molecule has 1 atom stereocenters. The van der Waals surface area contributed by atoms with Gasteiger partial charge >= 0.3 is 0 Å². The monoisotopic (exact) mass is 1430 g/mol. The highest BCUT2D eigenvalue weighted by Crippen LogP contribution is 2.38. The lowest BCUT2D eigenvalue weighted by Crippen LogP contribution is -2.43. The average molecular weight is 1430 g/mol. The molecule has 546 valence electrons. The normalized spacial score (nSPS) is 17.4. The lowest BCUT2D eigenvalue weighted by Gasteiger charge is -2.29. The molecule has 3 aromatic carbocycles. The van der Waals surface area contributed by atoms with E-state index in [1.54, 1.807) is 32.3 Å². The topological polar surface area (TPSA) is 298 Å². The third kappa shape index (κ3) is 13.0. The largest absolute Gasteiger partial charge is 0.352 e. The first kappa shape index (κ1) is 69.5. The number of aromatic nitrogens is 13. The molecule has 0 bridgehead atoms. The minimum absolute atomic E-state index is 0.0469. The van der Waals surface area contributed by atoms with E-state index in [0.717, 1.165) is 197 Å². The van der Waals surface area contributed by atoms with E-state index in [9.17, 15) is 28.8 Å². The number of piperazine rings is 1. The van der Waals surface area contributed by atoms with Gasteiger partial charge in [0.05, 0.1) is 28.2 Å². The first-order valence-electron chi connectivity index (χ1n) is 37.6. The van der Waals surface area contributed by atoms with Crippen molar-refractivity contribution in [3.05, 3.63) is 162 Å². The van der Waals surface area contributed by atoms with E-state index in [2.05, 4.69) is 122 Å². The molecule has 9 aromatic heterocycles. The minimum atomic E-state index is -0.245. The second-order valence-electron chi connectivity index (χ2n) is 29.5. The summed E-state index contributed by atoms with van der Waals surface area (Å²) >= 11 is 0. The van der Waals surface area contributed by atoms with Crippen molar-refractivity contribution in [2.45, 2.75) is 155 Å². The Labute approximate surface area is 611 Å². The van der Waals surface area contributed by atoms with E-state index in [1.165, 1.54) is 31.8 Å². The second kappa shape index (κ2) is 28.9. The van der Waals surface area contributed by atoms with Gasteiger partial charge in [0, 0.05) is 168 Å². The fourth-order valence-electron chi connectivity index (χ4n) is 17.2.